The van der Waals surface area contributed by atoms with Crippen molar-refractivity contribution in [1.82, 2.24) is 19.8 Å². The summed E-state index contributed by atoms with van der Waals surface area (Å²) in [4.78, 5) is 44.7. The zero-order chi connectivity index (χ0) is 28.8. The molecule has 11 heteroatoms. The SMILES string of the molecule is O=C(O)C(CCN(CCCCc1ccc2c(n1)NCCC2)CCOC1CC1)NC(=O)C1(n2c(O)cccc2=O)CC1. The lowest BCUT2D eigenvalue weighted by atomic mass is 10.1. The highest BCUT2D eigenvalue weighted by molar-refractivity contribution is 5.91. The van der Waals surface area contributed by atoms with Crippen LogP contribution in [0.15, 0.2) is 35.1 Å². The molecule has 222 valence electrons. The molecular formula is C30H41N5O6. The Morgan fingerprint density at radius 3 is 2.73 bits per heavy atom. The molecule has 2 fully saturated rings. The molecule has 1 aliphatic heterocycles. The standard InChI is InChI=1S/C30H41N5O6/c36-25-7-3-8-26(37)35(25)30(14-15-30)29(40)33-24(28(38)39)13-18-34(19-20-41-23-11-12-23)17-2-1-6-22-10-9-21-5-4-16-31-27(21)32-22/h3,7-10,23-24,36H,1-2,4-6,11-20H2,(H,31,32)(H,33,40)(H,38,39). The van der Waals surface area contributed by atoms with E-state index in [1.165, 1.54) is 23.8 Å². The minimum absolute atomic E-state index is 0.217. The number of rotatable bonds is 16. The zero-order valence-electron chi connectivity index (χ0n) is 23.5. The number of hydrogen-bond donors (Lipinski definition) is 4. The number of carbonyl (C=O) groups excluding carboxylic acids is 1. The Kier molecular flexibility index (Phi) is 9.24. The highest BCUT2D eigenvalue weighted by atomic mass is 16.5. The molecule has 3 aliphatic rings. The van der Waals surface area contributed by atoms with Gasteiger partial charge in [0.1, 0.15) is 17.4 Å². The number of amides is 1. The molecule has 2 aromatic heterocycles. The van der Waals surface area contributed by atoms with Gasteiger partial charge in [-0.1, -0.05) is 12.1 Å². The maximum Gasteiger partial charge on any atom is 0.326 e. The topological polar surface area (TPSA) is 146 Å². The van der Waals surface area contributed by atoms with E-state index < -0.39 is 29.0 Å². The molecule has 3 heterocycles. The second kappa shape index (κ2) is 13.0. The van der Waals surface area contributed by atoms with Gasteiger partial charge in [-0.3, -0.25) is 14.2 Å². The van der Waals surface area contributed by atoms with Gasteiger partial charge >= 0.3 is 5.97 Å². The summed E-state index contributed by atoms with van der Waals surface area (Å²) in [5, 5.41) is 26.2. The summed E-state index contributed by atoms with van der Waals surface area (Å²) in [5.41, 5.74) is 0.622. The van der Waals surface area contributed by atoms with Gasteiger partial charge in [0, 0.05) is 31.4 Å². The molecule has 4 N–H and O–H groups in total. The highest BCUT2D eigenvalue weighted by Crippen LogP contribution is 2.44. The number of carboxylic acid groups (broad SMARTS) is 1. The summed E-state index contributed by atoms with van der Waals surface area (Å²) in [6.07, 6.45) is 8.45. The van der Waals surface area contributed by atoms with Gasteiger partial charge in [0.25, 0.3) is 5.56 Å². The number of hydrogen-bond acceptors (Lipinski definition) is 8. The molecular weight excluding hydrogens is 526 g/mol. The number of nitrogens with zero attached hydrogens (tertiary/aromatic N) is 3. The lowest BCUT2D eigenvalue weighted by molar-refractivity contribution is -0.143. The van der Waals surface area contributed by atoms with Crippen LogP contribution in [0, 0.1) is 0 Å². The third-order valence-corrected chi connectivity index (χ3v) is 8.24. The summed E-state index contributed by atoms with van der Waals surface area (Å²) >= 11 is 0. The van der Waals surface area contributed by atoms with Crippen LogP contribution in [0.2, 0.25) is 0 Å². The lowest BCUT2D eigenvalue weighted by Gasteiger charge is -2.26. The average Bonchev–Trinajstić information content (AvgIpc) is 3.89. The molecule has 11 nitrogen and oxygen atoms in total. The highest BCUT2D eigenvalue weighted by Gasteiger charge is 2.54. The number of nitrogens with one attached hydrogen (secondary N) is 2. The first-order valence-electron chi connectivity index (χ1n) is 14.9. The van der Waals surface area contributed by atoms with Crippen LogP contribution in [0.4, 0.5) is 5.82 Å². The van der Waals surface area contributed by atoms with Crippen LogP contribution in [0.5, 0.6) is 5.88 Å². The number of aromatic nitrogens is 2. The molecule has 1 amide bonds. The van der Waals surface area contributed by atoms with Crippen LogP contribution in [-0.4, -0.2) is 81.5 Å². The fourth-order valence-electron chi connectivity index (χ4n) is 5.51. The van der Waals surface area contributed by atoms with Gasteiger partial charge in [0.15, 0.2) is 5.88 Å². The fourth-order valence-corrected chi connectivity index (χ4v) is 5.51. The number of aryl methyl sites for hydroxylation is 2. The average molecular weight is 568 g/mol. The van der Waals surface area contributed by atoms with Crippen LogP contribution in [0.25, 0.3) is 0 Å². The van der Waals surface area contributed by atoms with E-state index in [0.717, 1.165) is 74.1 Å². The van der Waals surface area contributed by atoms with Crippen molar-refractivity contribution in [3.05, 3.63) is 51.9 Å². The maximum absolute atomic E-state index is 13.2. The van der Waals surface area contributed by atoms with Crippen molar-refractivity contribution in [2.75, 3.05) is 38.1 Å². The molecule has 2 aromatic rings. The third-order valence-electron chi connectivity index (χ3n) is 8.24. The zero-order valence-corrected chi connectivity index (χ0v) is 23.5. The van der Waals surface area contributed by atoms with E-state index in [0.29, 0.717) is 38.6 Å². The second-order valence-electron chi connectivity index (χ2n) is 11.5. The molecule has 41 heavy (non-hydrogen) atoms. The fraction of sp³-hybridized carbons (Fsp3) is 0.600. The molecule has 2 saturated carbocycles. The van der Waals surface area contributed by atoms with E-state index >= 15 is 0 Å². The minimum atomic E-state index is -1.24. The van der Waals surface area contributed by atoms with Gasteiger partial charge in [-0.25, -0.2) is 9.78 Å². The molecule has 2 aliphatic carbocycles. The minimum Gasteiger partial charge on any atom is -0.494 e. The number of carboxylic acids is 1. The van der Waals surface area contributed by atoms with Crippen molar-refractivity contribution in [3.8, 4) is 5.88 Å². The van der Waals surface area contributed by atoms with Crippen LogP contribution < -0.4 is 16.2 Å². The number of anilines is 1. The summed E-state index contributed by atoms with van der Waals surface area (Å²) in [6.45, 7) is 3.51. The largest absolute Gasteiger partial charge is 0.494 e. The predicted octanol–water partition coefficient (Wildman–Crippen LogP) is 2.26. The number of carbonyl (C=O) groups is 2. The van der Waals surface area contributed by atoms with E-state index in [2.05, 4.69) is 27.7 Å². The molecule has 1 atom stereocenters. The van der Waals surface area contributed by atoms with Crippen LogP contribution >= 0.6 is 0 Å². The molecule has 0 radical (unpaired) electrons. The summed E-state index contributed by atoms with van der Waals surface area (Å²) in [6, 6.07) is 7.23. The summed E-state index contributed by atoms with van der Waals surface area (Å²) < 4.78 is 6.92. The van der Waals surface area contributed by atoms with Crippen LogP contribution in [-0.2, 0) is 32.7 Å². The first-order valence-corrected chi connectivity index (χ1v) is 14.9. The number of unbranched alkanes of at least 4 members (excludes halogenated alkanes) is 1. The van der Waals surface area contributed by atoms with E-state index in [9.17, 15) is 24.6 Å². The van der Waals surface area contributed by atoms with Gasteiger partial charge in [-0.05, 0) is 88.4 Å². The number of aromatic hydroxyl groups is 1. The molecule has 5 rings (SSSR count). The number of aliphatic carboxylic acids is 1. The van der Waals surface area contributed by atoms with E-state index in [1.807, 2.05) is 0 Å². The van der Waals surface area contributed by atoms with Crippen molar-refractivity contribution in [2.24, 2.45) is 0 Å². The van der Waals surface area contributed by atoms with Crippen LogP contribution in [0.1, 0.15) is 62.6 Å². The smallest absolute Gasteiger partial charge is 0.326 e. The molecule has 0 aromatic carbocycles. The van der Waals surface area contributed by atoms with E-state index in [4.69, 9.17) is 9.72 Å². The van der Waals surface area contributed by atoms with Crippen molar-refractivity contribution < 1.29 is 24.5 Å². The Labute approximate surface area is 239 Å². The molecule has 0 bridgehead atoms. The molecule has 1 unspecified atom stereocenters. The number of fused-ring (bicyclic) bond motifs is 1. The van der Waals surface area contributed by atoms with Gasteiger partial charge in [-0.2, -0.15) is 0 Å². The quantitative estimate of drug-likeness (QED) is 0.224. The monoisotopic (exact) mass is 567 g/mol. The second-order valence-corrected chi connectivity index (χ2v) is 11.5. The first kappa shape index (κ1) is 29.1. The van der Waals surface area contributed by atoms with Gasteiger partial charge < -0.3 is 30.5 Å². The van der Waals surface area contributed by atoms with Gasteiger partial charge in [0.05, 0.1) is 12.7 Å². The summed E-state index contributed by atoms with van der Waals surface area (Å²) in [5.74, 6) is -0.973. The first-order chi connectivity index (χ1) is 19.9. The normalized spacial score (nSPS) is 17.9. The Morgan fingerprint density at radius 1 is 1.17 bits per heavy atom. The molecule has 0 saturated heterocycles. The van der Waals surface area contributed by atoms with Gasteiger partial charge in [-0.15, -0.1) is 0 Å². The van der Waals surface area contributed by atoms with Crippen molar-refractivity contribution in [1.29, 1.82) is 0 Å². The third kappa shape index (κ3) is 7.45. The van der Waals surface area contributed by atoms with Crippen molar-refractivity contribution in [2.45, 2.75) is 81.9 Å². The van der Waals surface area contributed by atoms with E-state index in [-0.39, 0.29) is 12.3 Å². The number of pyridine rings is 2. The molecule has 0 spiro atoms. The summed E-state index contributed by atoms with van der Waals surface area (Å²) in [7, 11) is 0. The Bertz CT molecular complexity index is 1290. The van der Waals surface area contributed by atoms with E-state index in [1.54, 1.807) is 0 Å². The van der Waals surface area contributed by atoms with Crippen LogP contribution in [0.3, 0.4) is 0 Å². The maximum atomic E-state index is 13.2. The Morgan fingerprint density at radius 2 is 2.00 bits per heavy atom. The lowest BCUT2D eigenvalue weighted by Crippen LogP contribution is -2.50. The Hall–Kier alpha value is -3.44. The van der Waals surface area contributed by atoms with Crippen molar-refractivity contribution in [3.63, 3.8) is 0 Å². The number of ether oxygens (including phenoxy) is 1. The van der Waals surface area contributed by atoms with Gasteiger partial charge in [0.2, 0.25) is 5.91 Å². The van der Waals surface area contributed by atoms with Crippen molar-refractivity contribution >= 4 is 17.7 Å². The predicted molar refractivity (Wildman–Crippen MR) is 153 cm³/mol. The Balaban J connectivity index is 1.14.